The van der Waals surface area contributed by atoms with Gasteiger partial charge < -0.3 is 18.9 Å². The second-order valence-corrected chi connectivity index (χ2v) is 8.19. The number of benzene rings is 3. The highest BCUT2D eigenvalue weighted by molar-refractivity contribution is 6.30. The van der Waals surface area contributed by atoms with Crippen molar-refractivity contribution < 1.29 is 23.7 Å². The van der Waals surface area contributed by atoms with E-state index in [4.69, 9.17) is 30.5 Å². The van der Waals surface area contributed by atoms with E-state index < -0.39 is 0 Å². The summed E-state index contributed by atoms with van der Waals surface area (Å²) >= 11 is 6.25. The maximum absolute atomic E-state index is 12.8. The fourth-order valence-corrected chi connectivity index (χ4v) is 4.13. The van der Waals surface area contributed by atoms with Crippen LogP contribution in [-0.4, -0.2) is 12.6 Å². The van der Waals surface area contributed by atoms with Crippen LogP contribution >= 0.6 is 11.6 Å². The number of allylic oxidation sites excluding steroid dienone is 3. The van der Waals surface area contributed by atoms with Crippen LogP contribution in [0.5, 0.6) is 17.2 Å². The zero-order valence-corrected chi connectivity index (χ0v) is 18.7. The van der Waals surface area contributed by atoms with E-state index in [9.17, 15) is 4.79 Å². The lowest BCUT2D eigenvalue weighted by atomic mass is 10.1. The van der Waals surface area contributed by atoms with Crippen molar-refractivity contribution in [3.63, 3.8) is 0 Å². The van der Waals surface area contributed by atoms with Crippen LogP contribution in [0.15, 0.2) is 72.5 Å². The van der Waals surface area contributed by atoms with Crippen molar-refractivity contribution >= 4 is 23.5 Å². The van der Waals surface area contributed by atoms with Crippen LogP contribution < -0.4 is 14.2 Å². The molecule has 3 aromatic carbocycles. The molecule has 0 radical (unpaired) electrons. The molecule has 0 aromatic heterocycles. The van der Waals surface area contributed by atoms with Gasteiger partial charge in [-0.3, -0.25) is 4.79 Å². The van der Waals surface area contributed by atoms with Gasteiger partial charge in [0.05, 0.1) is 12.2 Å². The van der Waals surface area contributed by atoms with Gasteiger partial charge in [-0.25, -0.2) is 0 Å². The van der Waals surface area contributed by atoms with E-state index in [0.717, 1.165) is 28.0 Å². The number of hydrogen-bond donors (Lipinski definition) is 0. The van der Waals surface area contributed by atoms with Crippen molar-refractivity contribution in [1.29, 1.82) is 0 Å². The molecule has 0 bridgehead atoms. The molecule has 2 aliphatic heterocycles. The van der Waals surface area contributed by atoms with E-state index in [1.807, 2.05) is 61.5 Å². The zero-order chi connectivity index (χ0) is 22.8. The Bertz CT molecular complexity index is 1280. The normalized spacial score (nSPS) is 15.8. The van der Waals surface area contributed by atoms with Crippen LogP contribution in [0.3, 0.4) is 0 Å². The summed E-state index contributed by atoms with van der Waals surface area (Å²) < 4.78 is 23.0. The minimum Gasteiger partial charge on any atom is -0.488 e. The molecule has 3 aromatic rings. The van der Waals surface area contributed by atoms with Crippen molar-refractivity contribution in [2.75, 3.05) is 6.79 Å². The molecule has 33 heavy (non-hydrogen) atoms. The quantitative estimate of drug-likeness (QED) is 0.420. The lowest BCUT2D eigenvalue weighted by Crippen LogP contribution is -2.14. The third kappa shape index (κ3) is 4.38. The van der Waals surface area contributed by atoms with Gasteiger partial charge in [0.2, 0.25) is 5.78 Å². The van der Waals surface area contributed by atoms with Gasteiger partial charge >= 0.3 is 0 Å². The third-order valence-corrected chi connectivity index (χ3v) is 5.73. The molecule has 5 nitrogen and oxygen atoms in total. The van der Waals surface area contributed by atoms with Crippen LogP contribution in [0.1, 0.15) is 32.6 Å². The van der Waals surface area contributed by atoms with Crippen molar-refractivity contribution in [2.45, 2.75) is 20.1 Å². The van der Waals surface area contributed by atoms with Gasteiger partial charge in [-0.1, -0.05) is 54.1 Å². The number of carbonyl (C=O) groups excluding carboxylic acids is 1. The Morgan fingerprint density at radius 2 is 1.94 bits per heavy atom. The first-order valence-electron chi connectivity index (χ1n) is 10.5. The highest BCUT2D eigenvalue weighted by atomic mass is 35.5. The molecular weight excluding hydrogens is 440 g/mol. The smallest absolute Gasteiger partial charge is 0.231 e. The van der Waals surface area contributed by atoms with Gasteiger partial charge in [0.25, 0.3) is 0 Å². The Morgan fingerprint density at radius 3 is 2.79 bits per heavy atom. The number of fused-ring (bicyclic) bond motifs is 2. The SMILES string of the molecule is Cc1c(OCc2cc(Cl)cc3c2OCOC3)ccc2c1O/C(=C\C=C\c1ccccc1)C2=O. The van der Waals surface area contributed by atoms with Crippen LogP contribution in [0, 0.1) is 6.92 Å². The standard InChI is InChI=1S/C27H21ClO5/c1-17-23(31-15-20-13-21(28)12-19-14-30-16-32-27(19)20)11-10-22-25(29)24(33-26(17)22)9-5-8-18-6-3-2-4-7-18/h2-13H,14-16H2,1H3/b8-5+,24-9-. The van der Waals surface area contributed by atoms with Gasteiger partial charge in [0.1, 0.15) is 23.9 Å². The monoisotopic (exact) mass is 460 g/mol. The summed E-state index contributed by atoms with van der Waals surface area (Å²) in [6.07, 6.45) is 5.42. The van der Waals surface area contributed by atoms with E-state index in [2.05, 4.69) is 0 Å². The topological polar surface area (TPSA) is 54.0 Å². The molecule has 0 unspecified atom stereocenters. The summed E-state index contributed by atoms with van der Waals surface area (Å²) in [5.41, 5.74) is 4.06. The summed E-state index contributed by atoms with van der Waals surface area (Å²) in [7, 11) is 0. The highest BCUT2D eigenvalue weighted by Gasteiger charge is 2.30. The Morgan fingerprint density at radius 1 is 1.09 bits per heavy atom. The summed E-state index contributed by atoms with van der Waals surface area (Å²) in [6.45, 7) is 2.79. The van der Waals surface area contributed by atoms with E-state index in [0.29, 0.717) is 28.7 Å². The lowest BCUT2D eigenvalue weighted by Gasteiger charge is -2.21. The van der Waals surface area contributed by atoms with E-state index in [1.165, 1.54) is 0 Å². The average molecular weight is 461 g/mol. The molecule has 0 fully saturated rings. The predicted octanol–water partition coefficient (Wildman–Crippen LogP) is 6.27. The fourth-order valence-electron chi connectivity index (χ4n) is 3.87. The first-order valence-corrected chi connectivity index (χ1v) is 10.9. The van der Waals surface area contributed by atoms with E-state index in [1.54, 1.807) is 18.2 Å². The lowest BCUT2D eigenvalue weighted by molar-refractivity contribution is -0.0175. The summed E-state index contributed by atoms with van der Waals surface area (Å²) in [5, 5.41) is 0.597. The number of carbonyl (C=O) groups is 1. The second-order valence-electron chi connectivity index (χ2n) is 7.75. The predicted molar refractivity (Wildman–Crippen MR) is 126 cm³/mol. The van der Waals surface area contributed by atoms with Gasteiger partial charge in [0.15, 0.2) is 12.6 Å². The number of halogens is 1. The minimum atomic E-state index is -0.144. The molecule has 0 saturated carbocycles. The first-order chi connectivity index (χ1) is 16.1. The summed E-state index contributed by atoms with van der Waals surface area (Å²) in [5.74, 6) is 2.04. The number of Topliss-reactive ketones (excluding diaryl/α,β-unsaturated/α-hetero) is 1. The molecule has 0 amide bonds. The van der Waals surface area contributed by atoms with Crippen molar-refractivity contribution in [1.82, 2.24) is 0 Å². The molecule has 2 aliphatic rings. The molecule has 5 rings (SSSR count). The highest BCUT2D eigenvalue weighted by Crippen LogP contribution is 2.39. The Kier molecular flexibility index (Phi) is 5.90. The third-order valence-electron chi connectivity index (χ3n) is 5.51. The summed E-state index contributed by atoms with van der Waals surface area (Å²) in [6, 6.07) is 17.1. The first kappa shape index (κ1) is 21.3. The van der Waals surface area contributed by atoms with Crippen LogP contribution in [0.25, 0.3) is 6.08 Å². The maximum atomic E-state index is 12.8. The number of ketones is 1. The maximum Gasteiger partial charge on any atom is 0.231 e. The van der Waals surface area contributed by atoms with Gasteiger partial charge in [-0.05, 0) is 42.8 Å². The van der Waals surface area contributed by atoms with Crippen molar-refractivity contribution in [3.8, 4) is 17.2 Å². The van der Waals surface area contributed by atoms with Crippen LogP contribution in [0.4, 0.5) is 0 Å². The Hall–Kier alpha value is -3.54. The minimum absolute atomic E-state index is 0.144. The Labute approximate surface area is 196 Å². The van der Waals surface area contributed by atoms with Crippen molar-refractivity contribution in [3.05, 3.63) is 105 Å². The largest absolute Gasteiger partial charge is 0.488 e. The molecular formula is C27H21ClO5. The van der Waals surface area contributed by atoms with Crippen molar-refractivity contribution in [2.24, 2.45) is 0 Å². The average Bonchev–Trinajstić information content (AvgIpc) is 3.15. The van der Waals surface area contributed by atoms with Gasteiger partial charge in [-0.15, -0.1) is 0 Å². The second kappa shape index (κ2) is 9.14. The molecule has 2 heterocycles. The zero-order valence-electron chi connectivity index (χ0n) is 18.0. The molecule has 166 valence electrons. The fraction of sp³-hybridized carbons (Fsp3) is 0.148. The number of ether oxygens (including phenoxy) is 4. The molecule has 0 spiro atoms. The number of hydrogen-bond acceptors (Lipinski definition) is 5. The Balaban J connectivity index is 1.34. The van der Waals surface area contributed by atoms with E-state index in [-0.39, 0.29) is 24.9 Å². The van der Waals surface area contributed by atoms with E-state index >= 15 is 0 Å². The van der Waals surface area contributed by atoms with Gasteiger partial charge in [0, 0.05) is 21.7 Å². The molecule has 0 aliphatic carbocycles. The van der Waals surface area contributed by atoms with Crippen LogP contribution in [-0.2, 0) is 18.0 Å². The molecule has 6 heteroatoms. The van der Waals surface area contributed by atoms with Gasteiger partial charge in [-0.2, -0.15) is 0 Å². The molecule has 0 N–H and O–H groups in total. The molecule has 0 saturated heterocycles. The van der Waals surface area contributed by atoms with Crippen LogP contribution in [0.2, 0.25) is 5.02 Å². The molecule has 0 atom stereocenters. The summed E-state index contributed by atoms with van der Waals surface area (Å²) in [4.78, 5) is 12.8. The number of rotatable bonds is 5.